The first-order chi connectivity index (χ1) is 36.7. The smallest absolute Gasteiger partial charge is 0.339 e. The molecule has 4 heterocycles. The van der Waals surface area contributed by atoms with Crippen molar-refractivity contribution in [2.45, 2.75) is 61.8 Å². The van der Waals surface area contributed by atoms with Crippen LogP contribution in [0.5, 0.6) is 0 Å². The zero-order chi connectivity index (χ0) is 57.0. The van der Waals surface area contributed by atoms with Gasteiger partial charge in [0, 0.05) is 122 Å². The summed E-state index contributed by atoms with van der Waals surface area (Å²) in [7, 11) is 11.8. The molecule has 4 aromatic carbocycles. The molecule has 0 spiro atoms. The number of urea groups is 1. The van der Waals surface area contributed by atoms with Crippen LogP contribution < -0.4 is 0 Å². The molecule has 0 radical (unpaired) electrons. The van der Waals surface area contributed by atoms with Crippen molar-refractivity contribution >= 4 is 58.3 Å². The lowest BCUT2D eigenvalue weighted by molar-refractivity contribution is -0.140. The van der Waals surface area contributed by atoms with E-state index < -0.39 is 35.1 Å². The van der Waals surface area contributed by atoms with Crippen LogP contribution in [0.3, 0.4) is 0 Å². The Morgan fingerprint density at radius 3 is 1.44 bits per heavy atom. The number of carbonyl (C=O) groups is 2. The number of likely N-dealkylation sites (N-methyl/N-ethyl adjacent to an activating group) is 4. The third kappa shape index (κ3) is 15.7. The molecular weight excluding hydrogens is 1110 g/mol. The maximum atomic E-state index is 14.3. The van der Waals surface area contributed by atoms with Gasteiger partial charge in [0.1, 0.15) is 11.6 Å². The van der Waals surface area contributed by atoms with Crippen LogP contribution in [0.15, 0.2) is 72.8 Å². The molecule has 428 valence electrons. The van der Waals surface area contributed by atoms with Gasteiger partial charge in [0.25, 0.3) is 0 Å². The first-order valence-corrected chi connectivity index (χ1v) is 27.3. The summed E-state index contributed by atoms with van der Waals surface area (Å²) < 4.78 is 107. The molecule has 0 bridgehead atoms. The Morgan fingerprint density at radius 1 is 0.551 bits per heavy atom. The molecule has 4 aliphatic heterocycles. The minimum atomic E-state index is -4.75. The molecule has 4 fully saturated rings. The van der Waals surface area contributed by atoms with Gasteiger partial charge in [0.2, 0.25) is 5.91 Å². The molecule has 78 heavy (non-hydrogen) atoms. The molecule has 4 saturated heterocycles. The predicted molar refractivity (Wildman–Crippen MR) is 290 cm³/mol. The number of halogens is 12. The van der Waals surface area contributed by atoms with E-state index in [2.05, 4.69) is 33.7 Å². The SMILES string of the molecule is CN(C)CCN1CCN(CC(=O)N2CC(c3ccc(Cl)c(Cl)c3)C(N(C)Cc3ccc(C(F)(F)F)c(F)c3)C2)CC1.CN(Cc1ccc(C(F)(F)F)c(F)c1)C1CN(C(=O)N2CC[C@@H](N(C)C)C2)CC1c1ccc(Cl)c(Cl)c1. The van der Waals surface area contributed by atoms with Crippen molar-refractivity contribution in [1.29, 1.82) is 0 Å². The second-order valence-corrected chi connectivity index (χ2v) is 23.0. The minimum absolute atomic E-state index is 0.0354. The largest absolute Gasteiger partial charge is 0.419 e. The van der Waals surface area contributed by atoms with Gasteiger partial charge in [-0.2, -0.15) is 26.3 Å². The second kappa shape index (κ2) is 26.3. The van der Waals surface area contributed by atoms with Crippen molar-refractivity contribution in [2.75, 3.05) is 127 Å². The molecule has 4 unspecified atom stereocenters. The van der Waals surface area contributed by atoms with Crippen molar-refractivity contribution in [3.05, 3.63) is 138 Å². The number of likely N-dealkylation sites (tertiary alicyclic amines) is 3. The van der Waals surface area contributed by atoms with E-state index in [-0.39, 0.29) is 48.9 Å². The molecule has 3 amide bonds. The van der Waals surface area contributed by atoms with Crippen LogP contribution in [-0.2, 0) is 30.2 Å². The van der Waals surface area contributed by atoms with Gasteiger partial charge in [-0.25, -0.2) is 13.6 Å². The first kappa shape index (κ1) is 61.6. The van der Waals surface area contributed by atoms with Crippen LogP contribution in [0.25, 0.3) is 0 Å². The minimum Gasteiger partial charge on any atom is -0.339 e. The van der Waals surface area contributed by atoms with E-state index in [0.717, 1.165) is 81.1 Å². The molecule has 0 N–H and O–H groups in total. The van der Waals surface area contributed by atoms with Crippen LogP contribution >= 0.6 is 46.4 Å². The molecule has 11 nitrogen and oxygen atoms in total. The van der Waals surface area contributed by atoms with E-state index in [1.807, 2.05) is 64.8 Å². The van der Waals surface area contributed by atoms with Crippen LogP contribution in [0.4, 0.5) is 39.9 Å². The summed E-state index contributed by atoms with van der Waals surface area (Å²) in [5, 5.41) is 1.67. The molecule has 0 aliphatic carbocycles. The highest BCUT2D eigenvalue weighted by Gasteiger charge is 2.43. The van der Waals surface area contributed by atoms with Gasteiger partial charge < -0.3 is 24.5 Å². The molecule has 0 saturated carbocycles. The Morgan fingerprint density at radius 2 is 1.01 bits per heavy atom. The fourth-order valence-corrected chi connectivity index (χ4v) is 11.5. The summed E-state index contributed by atoms with van der Waals surface area (Å²) in [5.41, 5.74) is 0.0925. The summed E-state index contributed by atoms with van der Waals surface area (Å²) in [4.78, 5) is 45.2. The second-order valence-electron chi connectivity index (χ2n) is 21.4. The summed E-state index contributed by atoms with van der Waals surface area (Å²) >= 11 is 24.9. The van der Waals surface area contributed by atoms with E-state index in [0.29, 0.717) is 83.1 Å². The lowest BCUT2D eigenvalue weighted by Crippen LogP contribution is -2.51. The number of carbonyl (C=O) groups excluding carboxylic acids is 2. The molecule has 5 atom stereocenters. The number of hydrogen-bond acceptors (Lipinski definition) is 8. The fourth-order valence-electron chi connectivity index (χ4n) is 10.9. The maximum absolute atomic E-state index is 14.3. The van der Waals surface area contributed by atoms with Crippen molar-refractivity contribution < 1.29 is 44.7 Å². The van der Waals surface area contributed by atoms with Crippen molar-refractivity contribution in [1.82, 2.24) is 44.1 Å². The Kier molecular flexibility index (Phi) is 20.7. The van der Waals surface area contributed by atoms with Gasteiger partial charge >= 0.3 is 18.4 Å². The van der Waals surface area contributed by atoms with E-state index in [1.165, 1.54) is 12.1 Å². The van der Waals surface area contributed by atoms with Crippen molar-refractivity contribution in [3.8, 4) is 0 Å². The molecule has 8 rings (SSSR count). The molecule has 23 heteroatoms. The van der Waals surface area contributed by atoms with E-state index in [4.69, 9.17) is 46.4 Å². The highest BCUT2D eigenvalue weighted by molar-refractivity contribution is 6.42. The van der Waals surface area contributed by atoms with Gasteiger partial charge in [-0.15, -0.1) is 0 Å². The molecule has 4 aromatic rings. The summed E-state index contributed by atoms with van der Waals surface area (Å²) in [6.07, 6.45) is -8.59. The number of amides is 3. The molecule has 0 aromatic heterocycles. The zero-order valence-electron chi connectivity index (χ0n) is 44.5. The van der Waals surface area contributed by atoms with Crippen molar-refractivity contribution in [2.24, 2.45) is 0 Å². The van der Waals surface area contributed by atoms with E-state index in [9.17, 15) is 44.7 Å². The average molecular weight is 1180 g/mol. The summed E-state index contributed by atoms with van der Waals surface area (Å²) in [5.74, 6) is -2.79. The van der Waals surface area contributed by atoms with E-state index in [1.54, 1.807) is 24.3 Å². The number of rotatable bonds is 14. The number of nitrogens with zero attached hydrogens (tertiary/aromatic N) is 9. The number of alkyl halides is 6. The van der Waals surface area contributed by atoms with Gasteiger partial charge in [-0.3, -0.25) is 24.4 Å². The Bertz CT molecular complexity index is 2710. The van der Waals surface area contributed by atoms with E-state index >= 15 is 0 Å². The fraction of sp³-hybridized carbons (Fsp3) is 0.527. The van der Waals surface area contributed by atoms with Gasteiger partial charge in [-0.1, -0.05) is 70.7 Å². The van der Waals surface area contributed by atoms with Gasteiger partial charge in [0.05, 0.1) is 37.8 Å². The number of piperazine rings is 1. The Labute approximate surface area is 472 Å². The molecule has 4 aliphatic rings. The first-order valence-electron chi connectivity index (χ1n) is 25.8. The lowest BCUT2D eigenvalue weighted by Gasteiger charge is -2.35. The quantitative estimate of drug-likeness (QED) is 0.116. The normalized spacial score (nSPS) is 21.7. The van der Waals surface area contributed by atoms with Crippen LogP contribution in [0.1, 0.15) is 51.6 Å². The molecular formula is C55H67Cl4F8N9O2. The standard InChI is InChI=1S/C29H37Cl2F4N5O.C26H30Cl2F4N4O/c1-36(2)8-9-38-10-12-39(13-11-38)19-28(41)40-17-22(21-5-7-24(30)25(31)15-21)27(18-40)37(3)16-20-4-6-23(26(32)14-20)29(33,34)35;1-33(2)18-8-9-35(13-18)25(37)36-14-19(17-5-7-21(27)22(28)11-17)24(15-36)34(3)12-16-4-6-20(23(29)10-16)26(30,31)32/h4-7,14-15,22,27H,8-13,16-19H2,1-3H3;4-7,10-11,18-19,24H,8-9,12-15H2,1-3H3/t;18-,19?,24?/m.1/s1. The summed E-state index contributed by atoms with van der Waals surface area (Å²) in [6, 6.07) is 16.7. The summed E-state index contributed by atoms with van der Waals surface area (Å²) in [6.45, 7) is 9.37. The highest BCUT2D eigenvalue weighted by atomic mass is 35.5. The zero-order valence-corrected chi connectivity index (χ0v) is 47.5. The maximum Gasteiger partial charge on any atom is 0.419 e. The van der Waals surface area contributed by atoms with Crippen LogP contribution in [0, 0.1) is 11.6 Å². The Hall–Kier alpha value is -4.02. The van der Waals surface area contributed by atoms with Crippen LogP contribution in [0.2, 0.25) is 20.1 Å². The monoisotopic (exact) mass is 1180 g/mol. The van der Waals surface area contributed by atoms with Crippen molar-refractivity contribution in [3.63, 3.8) is 0 Å². The highest BCUT2D eigenvalue weighted by Crippen LogP contribution is 2.39. The van der Waals surface area contributed by atoms with Gasteiger partial charge in [0.15, 0.2) is 0 Å². The third-order valence-electron chi connectivity index (χ3n) is 15.5. The Balaban J connectivity index is 0.000000227. The number of hydrogen-bond donors (Lipinski definition) is 0. The van der Waals surface area contributed by atoms with Gasteiger partial charge in [-0.05, 0) is 119 Å². The lowest BCUT2D eigenvalue weighted by atomic mass is 9.93. The topological polar surface area (TPSA) is 63.3 Å². The predicted octanol–water partition coefficient (Wildman–Crippen LogP) is 10.6. The number of benzene rings is 4. The third-order valence-corrected chi connectivity index (χ3v) is 16.9. The average Bonchev–Trinajstić information content (AvgIpc) is 4.19. The van der Waals surface area contributed by atoms with Crippen LogP contribution in [-0.4, -0.2) is 202 Å².